The van der Waals surface area contributed by atoms with E-state index in [0.717, 1.165) is 6.42 Å². The molecule has 0 saturated carbocycles. The maximum atomic E-state index is 11.3. The predicted octanol–water partition coefficient (Wildman–Crippen LogP) is 1.14. The van der Waals surface area contributed by atoms with Crippen molar-refractivity contribution >= 4 is 17.4 Å². The second-order valence-electron chi connectivity index (χ2n) is 5.30. The highest BCUT2D eigenvalue weighted by atomic mass is 16.6. The van der Waals surface area contributed by atoms with E-state index in [4.69, 9.17) is 0 Å². The van der Waals surface area contributed by atoms with Crippen LogP contribution in [0.4, 0.5) is 11.5 Å². The summed E-state index contributed by atoms with van der Waals surface area (Å²) >= 11 is 0. The van der Waals surface area contributed by atoms with Crippen LogP contribution in [0.2, 0.25) is 0 Å². The minimum atomic E-state index is -0.405. The van der Waals surface area contributed by atoms with Gasteiger partial charge in [0, 0.05) is 32.0 Å². The first-order valence-electron chi connectivity index (χ1n) is 6.64. The number of anilines is 1. The molecule has 8 heteroatoms. The Balaban J connectivity index is 2.18. The van der Waals surface area contributed by atoms with Gasteiger partial charge in [-0.05, 0) is 6.42 Å². The van der Waals surface area contributed by atoms with Crippen molar-refractivity contribution in [1.29, 1.82) is 0 Å². The molecule has 110 valence electrons. The van der Waals surface area contributed by atoms with E-state index in [1.165, 1.54) is 4.68 Å². The number of carbonyl (C=O) groups excluding carboxylic acids is 1. The van der Waals surface area contributed by atoms with Crippen LogP contribution in [0.3, 0.4) is 0 Å². The van der Waals surface area contributed by atoms with E-state index >= 15 is 0 Å². The van der Waals surface area contributed by atoms with E-state index < -0.39 is 4.92 Å². The molecule has 0 spiro atoms. The average Bonchev–Trinajstić information content (AvgIpc) is 2.90. The van der Waals surface area contributed by atoms with E-state index in [0.29, 0.717) is 24.5 Å². The zero-order chi connectivity index (χ0) is 14.9. The van der Waals surface area contributed by atoms with Crippen molar-refractivity contribution in [2.45, 2.75) is 38.6 Å². The molecule has 1 aliphatic heterocycles. The lowest BCUT2D eigenvalue weighted by atomic mass is 10.1. The van der Waals surface area contributed by atoms with E-state index in [9.17, 15) is 14.9 Å². The molecule has 20 heavy (non-hydrogen) atoms. The Morgan fingerprint density at radius 1 is 1.60 bits per heavy atom. The van der Waals surface area contributed by atoms with Gasteiger partial charge in [0.05, 0.1) is 4.92 Å². The van der Waals surface area contributed by atoms with E-state index in [2.05, 4.69) is 15.7 Å². The van der Waals surface area contributed by atoms with Crippen molar-refractivity contribution in [2.24, 2.45) is 7.05 Å². The van der Waals surface area contributed by atoms with Crippen LogP contribution in [-0.4, -0.2) is 33.2 Å². The minimum absolute atomic E-state index is 0.0134. The number of rotatable bonds is 5. The van der Waals surface area contributed by atoms with Gasteiger partial charge in [0.25, 0.3) is 0 Å². The molecule has 8 nitrogen and oxygen atoms in total. The summed E-state index contributed by atoms with van der Waals surface area (Å²) in [6.07, 6.45) is 1.26. The van der Waals surface area contributed by atoms with E-state index in [1.807, 2.05) is 13.8 Å². The van der Waals surface area contributed by atoms with Gasteiger partial charge in [0.2, 0.25) is 11.7 Å². The molecule has 1 fully saturated rings. The van der Waals surface area contributed by atoms with Crippen LogP contribution in [0.5, 0.6) is 0 Å². The molecule has 0 aromatic carbocycles. The topological polar surface area (TPSA) is 102 Å². The third-order valence-corrected chi connectivity index (χ3v) is 3.38. The smallest absolute Gasteiger partial charge is 0.334 e. The molecule has 1 saturated heterocycles. The fraction of sp³-hybridized carbons (Fsp3) is 0.667. The monoisotopic (exact) mass is 281 g/mol. The molecule has 1 aromatic heterocycles. The van der Waals surface area contributed by atoms with Crippen molar-refractivity contribution < 1.29 is 9.72 Å². The number of aryl methyl sites for hydroxylation is 1. The number of amides is 1. The standard InChI is InChI=1S/C12H19N5O3/c1-7(2)10-11(17(19)20)12(16(3)15-10)13-6-8-4-5-9(18)14-8/h7-8,13H,4-6H2,1-3H3,(H,14,18). The molecule has 1 atom stereocenters. The summed E-state index contributed by atoms with van der Waals surface area (Å²) in [5.74, 6) is 0.391. The van der Waals surface area contributed by atoms with Crippen LogP contribution < -0.4 is 10.6 Å². The summed E-state index contributed by atoms with van der Waals surface area (Å²) in [5, 5.41) is 21.3. The maximum Gasteiger partial charge on any atom is 0.334 e. The molecule has 1 aliphatic rings. The molecule has 2 N–H and O–H groups in total. The van der Waals surface area contributed by atoms with Crippen LogP contribution in [0.15, 0.2) is 0 Å². The number of hydrogen-bond donors (Lipinski definition) is 2. The molecular formula is C12H19N5O3. The van der Waals surface area contributed by atoms with Gasteiger partial charge in [-0.1, -0.05) is 13.8 Å². The predicted molar refractivity (Wildman–Crippen MR) is 73.6 cm³/mol. The molecule has 1 amide bonds. The van der Waals surface area contributed by atoms with Crippen molar-refractivity contribution in [3.63, 3.8) is 0 Å². The van der Waals surface area contributed by atoms with Crippen LogP contribution in [0.25, 0.3) is 0 Å². The summed E-state index contributed by atoms with van der Waals surface area (Å²) in [7, 11) is 1.68. The Morgan fingerprint density at radius 3 is 2.80 bits per heavy atom. The van der Waals surface area contributed by atoms with Gasteiger partial charge in [-0.15, -0.1) is 0 Å². The minimum Gasteiger partial charge on any atom is -0.362 e. The second-order valence-corrected chi connectivity index (χ2v) is 5.30. The Bertz CT molecular complexity index is 537. The zero-order valence-corrected chi connectivity index (χ0v) is 11.8. The number of aromatic nitrogens is 2. The van der Waals surface area contributed by atoms with Crippen molar-refractivity contribution in [3.05, 3.63) is 15.8 Å². The lowest BCUT2D eigenvalue weighted by molar-refractivity contribution is -0.384. The molecule has 0 aliphatic carbocycles. The Kier molecular flexibility index (Phi) is 3.91. The van der Waals surface area contributed by atoms with Crippen LogP contribution in [0, 0.1) is 10.1 Å². The lowest BCUT2D eigenvalue weighted by Gasteiger charge is -2.11. The third kappa shape index (κ3) is 2.73. The summed E-state index contributed by atoms with van der Waals surface area (Å²) in [5.41, 5.74) is 0.488. The fourth-order valence-electron chi connectivity index (χ4n) is 2.35. The highest BCUT2D eigenvalue weighted by Crippen LogP contribution is 2.32. The Labute approximate surface area is 116 Å². The molecule has 1 aromatic rings. The van der Waals surface area contributed by atoms with E-state index in [1.54, 1.807) is 7.05 Å². The molecular weight excluding hydrogens is 262 g/mol. The second kappa shape index (κ2) is 5.48. The number of nitrogens with one attached hydrogen (secondary N) is 2. The van der Waals surface area contributed by atoms with Gasteiger partial charge in [-0.3, -0.25) is 14.9 Å². The Morgan fingerprint density at radius 2 is 2.30 bits per heavy atom. The van der Waals surface area contributed by atoms with E-state index in [-0.39, 0.29) is 23.6 Å². The molecule has 0 radical (unpaired) electrons. The number of carbonyl (C=O) groups is 1. The highest BCUT2D eigenvalue weighted by molar-refractivity contribution is 5.78. The molecule has 2 heterocycles. The van der Waals surface area contributed by atoms with Crippen LogP contribution in [0.1, 0.15) is 38.3 Å². The normalized spacial score (nSPS) is 18.4. The van der Waals surface area contributed by atoms with Crippen molar-refractivity contribution in [2.75, 3.05) is 11.9 Å². The summed E-state index contributed by atoms with van der Waals surface area (Å²) in [4.78, 5) is 22.0. The van der Waals surface area contributed by atoms with Gasteiger partial charge in [0.15, 0.2) is 0 Å². The largest absolute Gasteiger partial charge is 0.362 e. The molecule has 2 rings (SSSR count). The zero-order valence-electron chi connectivity index (χ0n) is 11.8. The fourth-order valence-corrected chi connectivity index (χ4v) is 2.35. The van der Waals surface area contributed by atoms with Crippen molar-refractivity contribution in [1.82, 2.24) is 15.1 Å². The maximum absolute atomic E-state index is 11.3. The first-order chi connectivity index (χ1) is 9.40. The Hall–Kier alpha value is -2.12. The lowest BCUT2D eigenvalue weighted by Crippen LogP contribution is -2.32. The van der Waals surface area contributed by atoms with Gasteiger partial charge in [-0.25, -0.2) is 4.68 Å². The quantitative estimate of drug-likeness (QED) is 0.622. The third-order valence-electron chi connectivity index (χ3n) is 3.38. The average molecular weight is 281 g/mol. The highest BCUT2D eigenvalue weighted by Gasteiger charge is 2.29. The summed E-state index contributed by atoms with van der Waals surface area (Å²) < 4.78 is 1.49. The molecule has 1 unspecified atom stereocenters. The number of hydrogen-bond acceptors (Lipinski definition) is 5. The number of nitrogens with zero attached hydrogens (tertiary/aromatic N) is 3. The van der Waals surface area contributed by atoms with Crippen LogP contribution >= 0.6 is 0 Å². The van der Waals surface area contributed by atoms with Crippen molar-refractivity contribution in [3.8, 4) is 0 Å². The SMILES string of the molecule is CC(C)c1nn(C)c(NCC2CCC(=O)N2)c1[N+](=O)[O-]. The summed E-state index contributed by atoms with van der Waals surface area (Å²) in [6, 6.07) is 0.0134. The first-order valence-corrected chi connectivity index (χ1v) is 6.64. The van der Waals surface area contributed by atoms with Gasteiger partial charge >= 0.3 is 5.69 Å². The van der Waals surface area contributed by atoms with Gasteiger partial charge < -0.3 is 10.6 Å². The first kappa shape index (κ1) is 14.3. The molecule has 0 bridgehead atoms. The van der Waals surface area contributed by atoms with Gasteiger partial charge in [0.1, 0.15) is 5.69 Å². The van der Waals surface area contributed by atoms with Gasteiger partial charge in [-0.2, -0.15) is 5.10 Å². The van der Waals surface area contributed by atoms with Crippen LogP contribution in [-0.2, 0) is 11.8 Å². The summed E-state index contributed by atoms with van der Waals surface area (Å²) in [6.45, 7) is 4.20. The number of nitro groups is 1.